The number of aryl methyl sites for hydroxylation is 1. The second kappa shape index (κ2) is 5.17. The van der Waals surface area contributed by atoms with E-state index in [1.807, 2.05) is 6.92 Å². The van der Waals surface area contributed by atoms with E-state index in [9.17, 15) is 0 Å². The molecular weight excluding hydrogens is 306 g/mol. The normalized spacial score (nSPS) is 17.0. The number of ether oxygens (including phenoxy) is 1. The summed E-state index contributed by atoms with van der Waals surface area (Å²) < 4.78 is 12.4. The van der Waals surface area contributed by atoms with Crippen molar-refractivity contribution in [2.75, 3.05) is 20.2 Å². The highest BCUT2D eigenvalue weighted by Crippen LogP contribution is 2.41. The van der Waals surface area contributed by atoms with Gasteiger partial charge in [0.1, 0.15) is 5.76 Å². The lowest BCUT2D eigenvalue weighted by Crippen LogP contribution is -2.26. The van der Waals surface area contributed by atoms with Gasteiger partial charge < -0.3 is 14.5 Å². The average molecular weight is 324 g/mol. The average Bonchev–Trinajstić information content (AvgIpc) is 2.83. The molecule has 19 heavy (non-hydrogen) atoms. The summed E-state index contributed by atoms with van der Waals surface area (Å²) in [5.74, 6) is 2.33. The van der Waals surface area contributed by atoms with Crippen LogP contribution in [0, 0.1) is 6.92 Å². The van der Waals surface area contributed by atoms with E-state index in [0.717, 1.165) is 40.0 Å². The van der Waals surface area contributed by atoms with E-state index in [1.165, 1.54) is 18.4 Å². The van der Waals surface area contributed by atoms with Gasteiger partial charge in [0.05, 0.1) is 7.11 Å². The number of rotatable bonds is 2. The Morgan fingerprint density at radius 3 is 2.74 bits per heavy atom. The molecule has 3 nitrogen and oxygen atoms in total. The van der Waals surface area contributed by atoms with Crippen molar-refractivity contribution >= 4 is 26.9 Å². The van der Waals surface area contributed by atoms with E-state index < -0.39 is 0 Å². The van der Waals surface area contributed by atoms with E-state index in [1.54, 1.807) is 7.11 Å². The lowest BCUT2D eigenvalue weighted by atomic mass is 9.89. The topological polar surface area (TPSA) is 34.4 Å². The number of halogens is 1. The number of fused-ring (bicyclic) bond motifs is 1. The van der Waals surface area contributed by atoms with Crippen LogP contribution in [-0.2, 0) is 0 Å². The van der Waals surface area contributed by atoms with Crippen LogP contribution in [0.4, 0.5) is 0 Å². The van der Waals surface area contributed by atoms with Crippen molar-refractivity contribution in [1.82, 2.24) is 5.32 Å². The van der Waals surface area contributed by atoms with Gasteiger partial charge in [-0.1, -0.05) is 0 Å². The maximum atomic E-state index is 5.75. The molecule has 1 aromatic heterocycles. The molecular formula is C15H18BrNO2. The van der Waals surface area contributed by atoms with Crippen LogP contribution in [0.3, 0.4) is 0 Å². The van der Waals surface area contributed by atoms with Crippen LogP contribution in [-0.4, -0.2) is 20.2 Å². The van der Waals surface area contributed by atoms with Gasteiger partial charge in [-0.15, -0.1) is 0 Å². The highest BCUT2D eigenvalue weighted by molar-refractivity contribution is 9.10. The molecule has 0 aliphatic carbocycles. The fraction of sp³-hybridized carbons (Fsp3) is 0.467. The van der Waals surface area contributed by atoms with Crippen LogP contribution in [0.15, 0.2) is 21.0 Å². The fourth-order valence-corrected chi connectivity index (χ4v) is 3.60. The third-order valence-corrected chi connectivity index (χ3v) is 4.74. The first kappa shape index (κ1) is 13.0. The van der Waals surface area contributed by atoms with Gasteiger partial charge in [0.2, 0.25) is 0 Å². The van der Waals surface area contributed by atoms with E-state index in [4.69, 9.17) is 9.15 Å². The van der Waals surface area contributed by atoms with Crippen LogP contribution in [0.5, 0.6) is 5.75 Å². The molecule has 0 atom stereocenters. The molecule has 102 valence electrons. The molecule has 0 bridgehead atoms. The summed E-state index contributed by atoms with van der Waals surface area (Å²) in [5.41, 5.74) is 2.18. The number of hydrogen-bond acceptors (Lipinski definition) is 3. The maximum Gasteiger partial charge on any atom is 0.177 e. The molecule has 1 aliphatic heterocycles. The molecule has 0 amide bonds. The van der Waals surface area contributed by atoms with E-state index in [0.29, 0.717) is 5.92 Å². The number of hydrogen-bond donors (Lipinski definition) is 1. The highest BCUT2D eigenvalue weighted by Gasteiger charge is 2.22. The predicted molar refractivity (Wildman–Crippen MR) is 80.0 cm³/mol. The van der Waals surface area contributed by atoms with Gasteiger partial charge in [0, 0.05) is 9.86 Å². The van der Waals surface area contributed by atoms with Crippen molar-refractivity contribution in [3.63, 3.8) is 0 Å². The molecule has 2 aromatic rings. The molecule has 0 spiro atoms. The number of methoxy groups -OCH3 is 1. The van der Waals surface area contributed by atoms with Gasteiger partial charge in [-0.3, -0.25) is 0 Å². The van der Waals surface area contributed by atoms with Gasteiger partial charge in [-0.25, -0.2) is 0 Å². The van der Waals surface area contributed by atoms with Gasteiger partial charge in [-0.05, 0) is 72.4 Å². The molecule has 1 fully saturated rings. The number of piperidine rings is 1. The van der Waals surface area contributed by atoms with E-state index >= 15 is 0 Å². The standard InChI is InChI=1S/C15H18BrNO2/c1-9-7-12-14(16)11(10-3-5-17-6-4-10)8-13(18-2)15(12)19-9/h7-8,10,17H,3-6H2,1-2H3. The summed E-state index contributed by atoms with van der Waals surface area (Å²) >= 11 is 3.76. The van der Waals surface area contributed by atoms with Crippen LogP contribution < -0.4 is 10.1 Å². The van der Waals surface area contributed by atoms with Gasteiger partial charge in [0.25, 0.3) is 0 Å². The molecule has 1 aliphatic rings. The zero-order valence-electron chi connectivity index (χ0n) is 11.3. The first-order chi connectivity index (χ1) is 9.20. The first-order valence-electron chi connectivity index (χ1n) is 6.68. The minimum atomic E-state index is 0.587. The van der Waals surface area contributed by atoms with Crippen molar-refractivity contribution in [3.8, 4) is 5.75 Å². The molecule has 2 heterocycles. The van der Waals surface area contributed by atoms with Gasteiger partial charge in [-0.2, -0.15) is 0 Å². The number of furan rings is 1. The van der Waals surface area contributed by atoms with Gasteiger partial charge >= 0.3 is 0 Å². The molecule has 1 saturated heterocycles. The summed E-state index contributed by atoms with van der Waals surface area (Å²) in [6.45, 7) is 4.14. The molecule has 0 radical (unpaired) electrons. The zero-order valence-corrected chi connectivity index (χ0v) is 12.8. The Morgan fingerprint density at radius 2 is 2.05 bits per heavy atom. The van der Waals surface area contributed by atoms with Crippen molar-refractivity contribution < 1.29 is 9.15 Å². The zero-order chi connectivity index (χ0) is 13.4. The summed E-state index contributed by atoms with van der Waals surface area (Å²) in [5, 5.41) is 4.52. The van der Waals surface area contributed by atoms with Crippen LogP contribution in [0.25, 0.3) is 11.0 Å². The largest absolute Gasteiger partial charge is 0.493 e. The third-order valence-electron chi connectivity index (χ3n) is 3.85. The SMILES string of the molecule is COc1cc(C2CCNCC2)c(Br)c2cc(C)oc12. The molecule has 1 aromatic carbocycles. The molecule has 0 saturated carbocycles. The highest BCUT2D eigenvalue weighted by atomic mass is 79.9. The molecule has 4 heteroatoms. The molecule has 0 unspecified atom stereocenters. The predicted octanol–water partition coefficient (Wildman–Crippen LogP) is 3.98. The van der Waals surface area contributed by atoms with E-state index in [-0.39, 0.29) is 0 Å². The summed E-state index contributed by atoms with van der Waals surface area (Å²) in [6.07, 6.45) is 2.34. The Labute approximate surface area is 121 Å². The van der Waals surface area contributed by atoms with Gasteiger partial charge in [0.15, 0.2) is 11.3 Å². The third kappa shape index (κ3) is 2.28. The van der Waals surface area contributed by atoms with Crippen molar-refractivity contribution in [1.29, 1.82) is 0 Å². The lowest BCUT2D eigenvalue weighted by molar-refractivity contribution is 0.405. The Morgan fingerprint density at radius 1 is 1.32 bits per heavy atom. The second-order valence-corrected chi connectivity index (χ2v) is 5.90. The Kier molecular flexibility index (Phi) is 3.54. The van der Waals surface area contributed by atoms with Crippen molar-refractivity contribution in [2.45, 2.75) is 25.7 Å². The molecule has 3 rings (SSSR count). The number of nitrogens with one attached hydrogen (secondary N) is 1. The minimum absolute atomic E-state index is 0.587. The first-order valence-corrected chi connectivity index (χ1v) is 7.47. The Hall–Kier alpha value is -1.00. The quantitative estimate of drug-likeness (QED) is 0.907. The van der Waals surface area contributed by atoms with Crippen LogP contribution in [0.1, 0.15) is 30.1 Å². The molecule has 1 N–H and O–H groups in total. The Bertz CT molecular complexity index is 600. The second-order valence-electron chi connectivity index (χ2n) is 5.11. The number of benzene rings is 1. The maximum absolute atomic E-state index is 5.75. The Balaban J connectivity index is 2.15. The van der Waals surface area contributed by atoms with Crippen LogP contribution in [0.2, 0.25) is 0 Å². The summed E-state index contributed by atoms with van der Waals surface area (Å²) in [6, 6.07) is 4.21. The fourth-order valence-electron chi connectivity index (χ4n) is 2.87. The van der Waals surface area contributed by atoms with Crippen molar-refractivity contribution in [3.05, 3.63) is 27.9 Å². The van der Waals surface area contributed by atoms with Crippen molar-refractivity contribution in [2.24, 2.45) is 0 Å². The monoisotopic (exact) mass is 323 g/mol. The summed E-state index contributed by atoms with van der Waals surface area (Å²) in [4.78, 5) is 0. The minimum Gasteiger partial charge on any atom is -0.493 e. The summed E-state index contributed by atoms with van der Waals surface area (Å²) in [7, 11) is 1.70. The van der Waals surface area contributed by atoms with E-state index in [2.05, 4.69) is 33.4 Å². The lowest BCUT2D eigenvalue weighted by Gasteiger charge is -2.24. The smallest absolute Gasteiger partial charge is 0.177 e. The van der Waals surface area contributed by atoms with Crippen LogP contribution >= 0.6 is 15.9 Å².